The standard InChI is InChI=1S/2CH4O.4FH.U/c2*1-2;;;;;/h2*2H,1H3;4*1H;/q;;;;;;+4/p-4. The normalized spacial score (nSPS) is 8.00. The van der Waals surface area contributed by atoms with Gasteiger partial charge < -0.3 is 10.2 Å². The summed E-state index contributed by atoms with van der Waals surface area (Å²) >= 11 is -7.34. The van der Waals surface area contributed by atoms with Gasteiger partial charge in [-0.25, -0.2) is 0 Å². The fraction of sp³-hybridized carbons (Fsp3) is 1.00. The predicted octanol–water partition coefficient (Wildman–Crippen LogP) is 0.898. The van der Waals surface area contributed by atoms with Gasteiger partial charge in [0.2, 0.25) is 0 Å². The van der Waals surface area contributed by atoms with Crippen molar-refractivity contribution in [3.8, 4) is 0 Å². The van der Waals surface area contributed by atoms with E-state index < -0.39 is 27.1 Å². The van der Waals surface area contributed by atoms with Gasteiger partial charge in [0, 0.05) is 14.2 Å². The van der Waals surface area contributed by atoms with Crippen LogP contribution in [0.2, 0.25) is 0 Å². The zero-order valence-corrected chi connectivity index (χ0v) is 9.07. The molecule has 7 heteroatoms. The third-order valence-electron chi connectivity index (χ3n) is 0. The molecule has 0 aromatic carbocycles. The molecule has 2 nitrogen and oxygen atoms in total. The van der Waals surface area contributed by atoms with Crippen LogP contribution in [0.15, 0.2) is 0 Å². The first-order valence-electron chi connectivity index (χ1n) is 1.65. The zero-order chi connectivity index (χ0) is 8.50. The molecule has 0 fully saturated rings. The topological polar surface area (TPSA) is 40.5 Å². The van der Waals surface area contributed by atoms with E-state index in [0.29, 0.717) is 0 Å². The number of halogens is 4. The zero-order valence-electron chi connectivity index (χ0n) is 4.91. The van der Waals surface area contributed by atoms with Crippen LogP contribution < -0.4 is 0 Å². The Morgan fingerprint density at radius 2 is 0.778 bits per heavy atom. The Kier molecular flexibility index (Phi) is 20.9. The van der Waals surface area contributed by atoms with E-state index in [1.807, 2.05) is 0 Å². The molecular formula is C2H8F4O2U. The monoisotopic (exact) mass is 378 g/mol. The van der Waals surface area contributed by atoms with Crippen LogP contribution in [0.1, 0.15) is 0 Å². The van der Waals surface area contributed by atoms with Gasteiger partial charge in [-0.15, -0.1) is 0 Å². The molecule has 0 aromatic rings. The van der Waals surface area contributed by atoms with Crippen LogP contribution in [-0.2, 0) is 0 Å². The van der Waals surface area contributed by atoms with Crippen molar-refractivity contribution in [3.05, 3.63) is 0 Å². The van der Waals surface area contributed by atoms with Gasteiger partial charge in [-0.3, -0.25) is 0 Å². The summed E-state index contributed by atoms with van der Waals surface area (Å²) in [6.45, 7) is 0. The molecule has 0 spiro atoms. The van der Waals surface area contributed by atoms with E-state index in [-0.39, 0.29) is 0 Å². The fourth-order valence-corrected chi connectivity index (χ4v) is 0. The Hall–Kier alpha value is 0.692. The van der Waals surface area contributed by atoms with E-state index in [9.17, 15) is 8.40 Å². The summed E-state index contributed by atoms with van der Waals surface area (Å²) in [5.41, 5.74) is 0. The molecule has 0 saturated carbocycles. The van der Waals surface area contributed by atoms with Crippen LogP contribution in [0.5, 0.6) is 0 Å². The van der Waals surface area contributed by atoms with Crippen LogP contribution in [0.4, 0.5) is 8.40 Å². The van der Waals surface area contributed by atoms with Crippen molar-refractivity contribution in [3.63, 3.8) is 0 Å². The van der Waals surface area contributed by atoms with Crippen molar-refractivity contribution in [1.29, 1.82) is 0 Å². The quantitative estimate of drug-likeness (QED) is 0.616. The van der Waals surface area contributed by atoms with Crippen LogP contribution in [0.25, 0.3) is 0 Å². The number of aliphatic hydroxyl groups is 2. The Balaban J connectivity index is -0.0000000771. The van der Waals surface area contributed by atoms with Crippen molar-refractivity contribution < 1.29 is 45.7 Å². The number of hydrogen-bond donors (Lipinski definition) is 2. The van der Waals surface area contributed by atoms with E-state index >= 15 is 0 Å². The molecule has 0 aromatic heterocycles. The molecule has 0 radical (unpaired) electrons. The fourth-order valence-electron chi connectivity index (χ4n) is 0. The van der Waals surface area contributed by atoms with E-state index in [1.54, 1.807) is 0 Å². The van der Waals surface area contributed by atoms with Crippen LogP contribution >= 0.6 is 0 Å². The first-order valence-corrected chi connectivity index (χ1v) is 7.95. The van der Waals surface area contributed by atoms with Crippen molar-refractivity contribution >= 4 is 0 Å². The Labute approximate surface area is 60.0 Å². The van der Waals surface area contributed by atoms with Crippen molar-refractivity contribution in [2.24, 2.45) is 0 Å². The first kappa shape index (κ1) is 16.4. The molecule has 0 bridgehead atoms. The van der Waals surface area contributed by atoms with Gasteiger partial charge in [0.25, 0.3) is 0 Å². The molecule has 60 valence electrons. The van der Waals surface area contributed by atoms with Crippen LogP contribution in [0, 0.1) is 27.1 Å². The molecule has 0 rings (SSSR count). The molecule has 0 aliphatic rings. The molecule has 0 atom stereocenters. The van der Waals surface area contributed by atoms with Crippen molar-refractivity contribution in [2.75, 3.05) is 14.2 Å². The van der Waals surface area contributed by atoms with Gasteiger partial charge in [-0.1, -0.05) is 0 Å². The number of rotatable bonds is 0. The average molecular weight is 378 g/mol. The van der Waals surface area contributed by atoms with Crippen LogP contribution in [-0.4, -0.2) is 24.4 Å². The first-order chi connectivity index (χ1) is 4.00. The van der Waals surface area contributed by atoms with E-state index in [4.69, 9.17) is 10.2 Å². The maximum atomic E-state index is 9.92. The molecule has 0 saturated heterocycles. The summed E-state index contributed by atoms with van der Waals surface area (Å²) in [5, 5.41) is 14.0. The minimum atomic E-state index is -7.34. The molecule has 9 heavy (non-hydrogen) atoms. The Morgan fingerprint density at radius 3 is 0.778 bits per heavy atom. The Bertz CT molecular complexity index is 32.0. The third kappa shape index (κ3) is 813. The van der Waals surface area contributed by atoms with Gasteiger partial charge in [-0.2, -0.15) is 0 Å². The minimum absolute atomic E-state index is 1.00. The molecular weight excluding hydrogens is 370 g/mol. The van der Waals surface area contributed by atoms with Gasteiger partial charge in [0.05, 0.1) is 0 Å². The second-order valence-electron chi connectivity index (χ2n) is 0.429. The summed E-state index contributed by atoms with van der Waals surface area (Å²) < 4.78 is 39.7. The third-order valence-corrected chi connectivity index (χ3v) is 0. The second kappa shape index (κ2) is 11.5. The van der Waals surface area contributed by atoms with Crippen LogP contribution in [0.3, 0.4) is 0 Å². The van der Waals surface area contributed by atoms with E-state index in [0.717, 1.165) is 14.2 Å². The number of aliphatic hydroxyl groups excluding tert-OH is 2. The van der Waals surface area contributed by atoms with Crippen molar-refractivity contribution in [1.82, 2.24) is 0 Å². The molecule has 2 N–H and O–H groups in total. The summed E-state index contributed by atoms with van der Waals surface area (Å²) in [6.07, 6.45) is 0. The average Bonchev–Trinajstić information content (AvgIpc) is 1.72. The van der Waals surface area contributed by atoms with E-state index in [1.165, 1.54) is 0 Å². The van der Waals surface area contributed by atoms with E-state index in [2.05, 4.69) is 0 Å². The van der Waals surface area contributed by atoms with Gasteiger partial charge in [-0.05, 0) is 0 Å². The maximum absolute atomic E-state index is 9.92. The molecule has 0 aliphatic carbocycles. The molecule has 0 amide bonds. The van der Waals surface area contributed by atoms with Gasteiger partial charge in [0.1, 0.15) is 0 Å². The summed E-state index contributed by atoms with van der Waals surface area (Å²) in [5.74, 6) is 0. The number of hydrogen-bond acceptors (Lipinski definition) is 2. The van der Waals surface area contributed by atoms with Gasteiger partial charge >= 0.3 is 35.5 Å². The van der Waals surface area contributed by atoms with Crippen molar-refractivity contribution in [2.45, 2.75) is 0 Å². The molecule has 0 unspecified atom stereocenters. The SMILES string of the molecule is CO.CO.[F][U]([F])([F])[F]. The van der Waals surface area contributed by atoms with Gasteiger partial charge in [0.15, 0.2) is 0 Å². The summed E-state index contributed by atoms with van der Waals surface area (Å²) in [4.78, 5) is 0. The Morgan fingerprint density at radius 1 is 0.778 bits per heavy atom. The molecule has 0 heterocycles. The molecule has 0 aliphatic heterocycles. The summed E-state index contributed by atoms with van der Waals surface area (Å²) in [7, 11) is 2.00. The second-order valence-corrected chi connectivity index (χ2v) is 4.00. The predicted molar refractivity (Wildman–Crippen MR) is 20.7 cm³/mol. The summed E-state index contributed by atoms with van der Waals surface area (Å²) in [6, 6.07) is 0.